The lowest BCUT2D eigenvalue weighted by Gasteiger charge is -2.40. The molecule has 7 heteroatoms. The zero-order valence-electron chi connectivity index (χ0n) is 8.24. The smallest absolute Gasteiger partial charge is 0.228 e. The molecule has 7 nitrogen and oxygen atoms in total. The molecule has 88 valence electrons. The highest BCUT2D eigenvalue weighted by Crippen LogP contribution is 2.26. The Bertz CT molecular complexity index is 233. The van der Waals surface area contributed by atoms with Gasteiger partial charge in [0.05, 0.1) is 12.7 Å². The minimum atomic E-state index is -1.40. The van der Waals surface area contributed by atoms with Crippen LogP contribution in [0.4, 0.5) is 0 Å². The largest absolute Gasteiger partial charge is 0.394 e. The van der Waals surface area contributed by atoms with Crippen LogP contribution in [-0.4, -0.2) is 59.5 Å². The molecule has 0 bridgehead atoms. The molecule has 0 aliphatic carbocycles. The van der Waals surface area contributed by atoms with Crippen LogP contribution in [0.5, 0.6) is 0 Å². The van der Waals surface area contributed by atoms with Gasteiger partial charge in [0.15, 0.2) is 6.29 Å². The van der Waals surface area contributed by atoms with Crippen LogP contribution in [0.2, 0.25) is 0 Å². The van der Waals surface area contributed by atoms with Crippen molar-refractivity contribution in [2.24, 2.45) is 11.7 Å². The molecule has 0 radical (unpaired) electrons. The van der Waals surface area contributed by atoms with Crippen LogP contribution in [0, 0.1) is 5.92 Å². The number of nitrogens with two attached hydrogens (primary N) is 1. The van der Waals surface area contributed by atoms with E-state index < -0.39 is 43.0 Å². The molecular weight excluding hydrogens is 206 g/mol. The Morgan fingerprint density at radius 3 is 2.47 bits per heavy atom. The molecule has 1 rings (SSSR count). The summed E-state index contributed by atoms with van der Waals surface area (Å²) in [4.78, 5) is 11.0. The normalized spacial score (nSPS) is 41.5. The van der Waals surface area contributed by atoms with Gasteiger partial charge in [0.25, 0.3) is 0 Å². The molecule has 15 heavy (non-hydrogen) atoms. The highest BCUT2D eigenvalue weighted by Gasteiger charge is 2.47. The molecule has 1 heterocycles. The first-order valence-corrected chi connectivity index (χ1v) is 4.47. The van der Waals surface area contributed by atoms with Gasteiger partial charge >= 0.3 is 0 Å². The predicted octanol–water partition coefficient (Wildman–Crippen LogP) is -2.83. The Morgan fingerprint density at radius 2 is 2.07 bits per heavy atom. The van der Waals surface area contributed by atoms with E-state index in [1.807, 2.05) is 0 Å². The van der Waals surface area contributed by atoms with E-state index in [9.17, 15) is 15.0 Å². The third-order valence-corrected chi connectivity index (χ3v) is 2.44. The summed E-state index contributed by atoms with van der Waals surface area (Å²) in [5, 5.41) is 27.9. The fourth-order valence-electron chi connectivity index (χ4n) is 1.59. The quantitative estimate of drug-likeness (QED) is 0.407. The van der Waals surface area contributed by atoms with Crippen molar-refractivity contribution in [3.63, 3.8) is 0 Å². The lowest BCUT2D eigenvalue weighted by molar-refractivity contribution is -0.272. The van der Waals surface area contributed by atoms with Crippen LogP contribution in [0.15, 0.2) is 0 Å². The van der Waals surface area contributed by atoms with E-state index in [4.69, 9.17) is 20.3 Å². The maximum atomic E-state index is 11.0. The summed E-state index contributed by atoms with van der Waals surface area (Å²) < 4.78 is 9.87. The van der Waals surface area contributed by atoms with E-state index in [2.05, 4.69) is 0 Å². The average Bonchev–Trinajstić information content (AvgIpc) is 2.20. The highest BCUT2D eigenvalue weighted by molar-refractivity contribution is 5.78. The van der Waals surface area contributed by atoms with Crippen LogP contribution >= 0.6 is 0 Å². The highest BCUT2D eigenvalue weighted by atomic mass is 16.7. The molecule has 1 amide bonds. The molecule has 5 N–H and O–H groups in total. The van der Waals surface area contributed by atoms with Crippen molar-refractivity contribution in [3.8, 4) is 0 Å². The van der Waals surface area contributed by atoms with Crippen LogP contribution in [0.25, 0.3) is 0 Å². The summed E-state index contributed by atoms with van der Waals surface area (Å²) in [5.41, 5.74) is 5.04. The summed E-state index contributed by atoms with van der Waals surface area (Å²) in [6.07, 6.45) is -4.81. The molecule has 0 saturated carbocycles. The van der Waals surface area contributed by atoms with Gasteiger partial charge in [-0.1, -0.05) is 0 Å². The van der Waals surface area contributed by atoms with Gasteiger partial charge in [-0.05, 0) is 0 Å². The predicted molar refractivity (Wildman–Crippen MR) is 47.5 cm³/mol. The Morgan fingerprint density at radius 1 is 1.47 bits per heavy atom. The van der Waals surface area contributed by atoms with E-state index >= 15 is 0 Å². The standard InChI is InChI=1S/C8H15NO6/c1-14-8-4(7(9)13)6(12)5(11)3(2-10)15-8/h3-6,8,10-12H,2H2,1H3,(H2,9,13)/t3-,4+,5+,6-,8?/m1/s1. The summed E-state index contributed by atoms with van der Waals surface area (Å²) in [7, 11) is 1.28. The average molecular weight is 221 g/mol. The number of ether oxygens (including phenoxy) is 2. The molecule has 1 unspecified atom stereocenters. The molecule has 0 aromatic heterocycles. The molecule has 5 atom stereocenters. The van der Waals surface area contributed by atoms with E-state index in [1.54, 1.807) is 0 Å². The summed E-state index contributed by atoms with van der Waals surface area (Å²) >= 11 is 0. The molecule has 0 aromatic carbocycles. The van der Waals surface area contributed by atoms with Crippen LogP contribution < -0.4 is 5.73 Å². The first-order valence-electron chi connectivity index (χ1n) is 4.47. The lowest BCUT2D eigenvalue weighted by atomic mass is 9.90. The number of hydrogen-bond donors (Lipinski definition) is 4. The van der Waals surface area contributed by atoms with Gasteiger partial charge in [-0.3, -0.25) is 4.79 Å². The zero-order chi connectivity index (χ0) is 11.6. The summed E-state index contributed by atoms with van der Waals surface area (Å²) in [6.45, 7) is -0.483. The number of aliphatic hydroxyl groups is 3. The number of hydrogen-bond acceptors (Lipinski definition) is 6. The minimum absolute atomic E-state index is 0.483. The monoisotopic (exact) mass is 221 g/mol. The summed E-state index contributed by atoms with van der Waals surface area (Å²) in [6, 6.07) is 0. The van der Waals surface area contributed by atoms with Crippen molar-refractivity contribution >= 4 is 5.91 Å². The topological polar surface area (TPSA) is 122 Å². The van der Waals surface area contributed by atoms with Crippen LogP contribution in [-0.2, 0) is 14.3 Å². The van der Waals surface area contributed by atoms with Crippen molar-refractivity contribution in [1.29, 1.82) is 0 Å². The number of aliphatic hydroxyl groups excluding tert-OH is 3. The number of primary amides is 1. The summed E-state index contributed by atoms with van der Waals surface area (Å²) in [5.74, 6) is -1.97. The first-order chi connectivity index (χ1) is 7.02. The number of carbonyl (C=O) groups excluding carboxylic acids is 1. The maximum absolute atomic E-state index is 11.0. The number of rotatable bonds is 3. The van der Waals surface area contributed by atoms with Crippen LogP contribution in [0.1, 0.15) is 0 Å². The molecule has 1 aliphatic rings. The number of carbonyl (C=O) groups is 1. The SMILES string of the molecule is COC1O[C@H](CO)[C@H](O)[C@H](O)[C@H]1C(N)=O. The van der Waals surface area contributed by atoms with Gasteiger partial charge in [-0.25, -0.2) is 0 Å². The van der Waals surface area contributed by atoms with Crippen molar-refractivity contribution in [2.75, 3.05) is 13.7 Å². The lowest BCUT2D eigenvalue weighted by Crippen LogP contribution is -2.59. The molecule has 0 spiro atoms. The Labute approximate surface area is 86.4 Å². The van der Waals surface area contributed by atoms with Gasteiger partial charge in [0, 0.05) is 7.11 Å². The minimum Gasteiger partial charge on any atom is -0.394 e. The van der Waals surface area contributed by atoms with E-state index in [-0.39, 0.29) is 0 Å². The van der Waals surface area contributed by atoms with Gasteiger partial charge in [0.1, 0.15) is 18.1 Å². The second-order valence-corrected chi connectivity index (χ2v) is 3.37. The van der Waals surface area contributed by atoms with Crippen LogP contribution in [0.3, 0.4) is 0 Å². The van der Waals surface area contributed by atoms with E-state index in [0.717, 1.165) is 0 Å². The Kier molecular flexibility index (Phi) is 4.00. The van der Waals surface area contributed by atoms with Crippen molar-refractivity contribution in [1.82, 2.24) is 0 Å². The zero-order valence-corrected chi connectivity index (χ0v) is 8.24. The second-order valence-electron chi connectivity index (χ2n) is 3.37. The Hall–Kier alpha value is -0.730. The molecule has 1 saturated heterocycles. The second kappa shape index (κ2) is 4.86. The van der Waals surface area contributed by atoms with Crippen molar-refractivity contribution < 1.29 is 29.6 Å². The molecular formula is C8H15NO6. The fourth-order valence-corrected chi connectivity index (χ4v) is 1.59. The third kappa shape index (κ3) is 2.27. The Balaban J connectivity index is 2.84. The van der Waals surface area contributed by atoms with Gasteiger partial charge < -0.3 is 30.5 Å². The number of methoxy groups -OCH3 is 1. The van der Waals surface area contributed by atoms with Gasteiger partial charge in [-0.2, -0.15) is 0 Å². The molecule has 0 aromatic rings. The fraction of sp³-hybridized carbons (Fsp3) is 0.875. The number of amides is 1. The third-order valence-electron chi connectivity index (χ3n) is 2.44. The van der Waals surface area contributed by atoms with Crippen molar-refractivity contribution in [3.05, 3.63) is 0 Å². The van der Waals surface area contributed by atoms with Gasteiger partial charge in [0.2, 0.25) is 5.91 Å². The van der Waals surface area contributed by atoms with Crippen molar-refractivity contribution in [2.45, 2.75) is 24.6 Å². The first kappa shape index (κ1) is 12.3. The van der Waals surface area contributed by atoms with E-state index in [1.165, 1.54) is 7.11 Å². The van der Waals surface area contributed by atoms with Gasteiger partial charge in [-0.15, -0.1) is 0 Å². The molecule has 1 fully saturated rings. The van der Waals surface area contributed by atoms with E-state index in [0.29, 0.717) is 0 Å². The maximum Gasteiger partial charge on any atom is 0.228 e. The molecule has 1 aliphatic heterocycles.